The van der Waals surface area contributed by atoms with Gasteiger partial charge in [0, 0.05) is 36.3 Å². The monoisotopic (exact) mass is 456 g/mol. The van der Waals surface area contributed by atoms with E-state index in [1.165, 1.54) is 22.2 Å². The Balaban J connectivity index is 1.53. The molecule has 1 atom stereocenters. The molecular formula is C27H28N4O3. The molecule has 3 rings (SSSR count). The molecule has 0 aliphatic heterocycles. The summed E-state index contributed by atoms with van der Waals surface area (Å²) in [4.78, 5) is 23.7. The zero-order chi connectivity index (χ0) is 24.3. The number of amides is 2. The molecule has 7 nitrogen and oxygen atoms in total. The highest BCUT2D eigenvalue weighted by Crippen LogP contribution is 2.08. The van der Waals surface area contributed by atoms with E-state index in [-0.39, 0.29) is 6.54 Å². The minimum atomic E-state index is -1.02. The zero-order valence-electron chi connectivity index (χ0n) is 19.0. The maximum atomic E-state index is 12.3. The van der Waals surface area contributed by atoms with Crippen molar-refractivity contribution in [3.05, 3.63) is 106 Å². The quantitative estimate of drug-likeness (QED) is 0.203. The van der Waals surface area contributed by atoms with E-state index in [2.05, 4.69) is 65.8 Å². The molecule has 0 fully saturated rings. The maximum Gasteiger partial charge on any atom is 0.267 e. The van der Waals surface area contributed by atoms with Gasteiger partial charge in [-0.15, -0.1) is 0 Å². The first-order valence-electron chi connectivity index (χ1n) is 10.9. The zero-order valence-corrected chi connectivity index (χ0v) is 19.0. The average Bonchev–Trinajstić information content (AvgIpc) is 2.86. The van der Waals surface area contributed by atoms with Crippen molar-refractivity contribution in [3.8, 4) is 11.8 Å². The van der Waals surface area contributed by atoms with E-state index in [4.69, 9.17) is 10.9 Å². The lowest BCUT2D eigenvalue weighted by molar-refractivity contribution is -0.130. The second-order valence-electron chi connectivity index (χ2n) is 7.85. The first-order valence-corrected chi connectivity index (χ1v) is 10.9. The summed E-state index contributed by atoms with van der Waals surface area (Å²) in [6, 6.07) is 22.2. The normalized spacial score (nSPS) is 11.1. The summed E-state index contributed by atoms with van der Waals surface area (Å²) in [7, 11) is 0. The predicted molar refractivity (Wildman–Crippen MR) is 131 cm³/mol. The average molecular weight is 457 g/mol. The van der Waals surface area contributed by atoms with Crippen molar-refractivity contribution in [2.75, 3.05) is 6.54 Å². The number of benzene rings is 3. The third kappa shape index (κ3) is 7.29. The number of hydrogen-bond donors (Lipinski definition) is 5. The molecule has 0 bridgehead atoms. The summed E-state index contributed by atoms with van der Waals surface area (Å²) in [6.07, 6.45) is 0. The molecule has 6 N–H and O–H groups in total. The van der Waals surface area contributed by atoms with Crippen LogP contribution in [0.3, 0.4) is 0 Å². The summed E-state index contributed by atoms with van der Waals surface area (Å²) in [5.74, 6) is 4.96. The lowest BCUT2D eigenvalue weighted by Crippen LogP contribution is -2.50. The Hall–Kier alpha value is -3.96. The van der Waals surface area contributed by atoms with Gasteiger partial charge >= 0.3 is 0 Å². The Morgan fingerprint density at radius 1 is 0.912 bits per heavy atom. The number of hydroxylamine groups is 1. The lowest BCUT2D eigenvalue weighted by Gasteiger charge is -2.14. The Labute approximate surface area is 199 Å². The summed E-state index contributed by atoms with van der Waals surface area (Å²) >= 11 is 0. The number of carbonyl (C=O) groups excluding carboxylic acids is 2. The van der Waals surface area contributed by atoms with Gasteiger partial charge in [-0.2, -0.15) is 0 Å². The van der Waals surface area contributed by atoms with Crippen molar-refractivity contribution in [1.82, 2.24) is 16.1 Å². The van der Waals surface area contributed by atoms with Crippen LogP contribution in [0.4, 0.5) is 0 Å². The Morgan fingerprint density at radius 2 is 1.53 bits per heavy atom. The topological polar surface area (TPSA) is 116 Å². The van der Waals surface area contributed by atoms with Gasteiger partial charge in [-0.25, -0.2) is 5.48 Å². The fourth-order valence-corrected chi connectivity index (χ4v) is 3.28. The highest BCUT2D eigenvalue weighted by Gasteiger charge is 2.19. The summed E-state index contributed by atoms with van der Waals surface area (Å²) in [6.45, 7) is 3.55. The molecule has 0 unspecified atom stereocenters. The first-order chi connectivity index (χ1) is 16.5. The van der Waals surface area contributed by atoms with Crippen molar-refractivity contribution >= 4 is 11.8 Å². The van der Waals surface area contributed by atoms with Gasteiger partial charge in [0.2, 0.25) is 0 Å². The second kappa shape index (κ2) is 12.3. The molecule has 0 saturated heterocycles. The van der Waals surface area contributed by atoms with E-state index in [9.17, 15) is 9.59 Å². The first kappa shape index (κ1) is 24.7. The van der Waals surface area contributed by atoms with Crippen molar-refractivity contribution in [2.45, 2.75) is 26.1 Å². The predicted octanol–water partition coefficient (Wildman–Crippen LogP) is 2.25. The van der Waals surface area contributed by atoms with E-state index in [0.717, 1.165) is 24.2 Å². The number of hydrogen-bond acceptors (Lipinski definition) is 5. The maximum absolute atomic E-state index is 12.3. The smallest absolute Gasteiger partial charge is 0.267 e. The number of aryl methyl sites for hydroxylation is 1. The third-order valence-electron chi connectivity index (χ3n) is 5.16. The molecule has 0 aliphatic carbocycles. The molecule has 3 aromatic carbocycles. The summed E-state index contributed by atoms with van der Waals surface area (Å²) in [5, 5.41) is 14.6. The van der Waals surface area contributed by atoms with Crippen molar-refractivity contribution in [1.29, 1.82) is 0 Å². The number of rotatable bonds is 8. The fraction of sp³-hybridized carbons (Fsp3) is 0.185. The Morgan fingerprint density at radius 3 is 2.12 bits per heavy atom. The van der Waals surface area contributed by atoms with Crippen LogP contribution in [0.5, 0.6) is 0 Å². The third-order valence-corrected chi connectivity index (χ3v) is 5.16. The van der Waals surface area contributed by atoms with Crippen LogP contribution < -0.4 is 21.8 Å². The highest BCUT2D eigenvalue weighted by atomic mass is 16.5. The van der Waals surface area contributed by atoms with Gasteiger partial charge in [-0.1, -0.05) is 53.8 Å². The van der Waals surface area contributed by atoms with Crippen LogP contribution in [0, 0.1) is 18.8 Å². The van der Waals surface area contributed by atoms with E-state index in [1.807, 2.05) is 12.1 Å². The fourth-order valence-electron chi connectivity index (χ4n) is 3.28. The molecule has 0 heterocycles. The summed E-state index contributed by atoms with van der Waals surface area (Å²) in [5.41, 5.74) is 12.6. The number of carbonyl (C=O) groups is 2. The van der Waals surface area contributed by atoms with Crippen LogP contribution in [-0.2, 0) is 17.9 Å². The highest BCUT2D eigenvalue weighted by molar-refractivity contribution is 5.97. The largest absolute Gasteiger partial charge is 0.339 e. The molecule has 3 aromatic rings. The lowest BCUT2D eigenvalue weighted by atomic mass is 10.1. The van der Waals surface area contributed by atoms with E-state index < -0.39 is 17.9 Å². The molecule has 174 valence electrons. The van der Waals surface area contributed by atoms with Crippen LogP contribution >= 0.6 is 0 Å². The van der Waals surface area contributed by atoms with E-state index >= 15 is 0 Å². The standard InChI is InChI=1S/C27H28N4O3/c1-19-3-2-4-23(15-19)18-29-17-22-9-7-20(8-10-22)5-6-21-11-13-24(14-12-21)26(32)30-25(16-28)27(33)31-34/h2-4,7-15,25,29,34H,16-18,28H2,1H3,(H,30,32)(H,31,33)/t25-/m0/s1. The van der Waals surface area contributed by atoms with E-state index in [0.29, 0.717) is 5.56 Å². The molecule has 2 amide bonds. The second-order valence-corrected chi connectivity index (χ2v) is 7.85. The van der Waals surface area contributed by atoms with Gasteiger partial charge in [0.15, 0.2) is 0 Å². The molecule has 0 radical (unpaired) electrons. The van der Waals surface area contributed by atoms with Crippen LogP contribution in [0.25, 0.3) is 0 Å². The molecule has 34 heavy (non-hydrogen) atoms. The van der Waals surface area contributed by atoms with Gasteiger partial charge in [0.05, 0.1) is 0 Å². The minimum Gasteiger partial charge on any atom is -0.339 e. The van der Waals surface area contributed by atoms with Gasteiger partial charge < -0.3 is 16.4 Å². The molecule has 0 aromatic heterocycles. The van der Waals surface area contributed by atoms with Gasteiger partial charge in [-0.3, -0.25) is 14.8 Å². The van der Waals surface area contributed by atoms with Gasteiger partial charge in [0.1, 0.15) is 6.04 Å². The van der Waals surface area contributed by atoms with Crippen molar-refractivity contribution in [2.24, 2.45) is 5.73 Å². The minimum absolute atomic E-state index is 0.136. The Kier molecular flexibility index (Phi) is 8.95. The molecule has 0 spiro atoms. The number of nitrogens with two attached hydrogens (primary N) is 1. The molecule has 0 aliphatic rings. The van der Waals surface area contributed by atoms with E-state index in [1.54, 1.807) is 24.3 Å². The van der Waals surface area contributed by atoms with Crippen LogP contribution in [0.2, 0.25) is 0 Å². The molecule has 7 heteroatoms. The molecule has 0 saturated carbocycles. The SMILES string of the molecule is Cc1cccc(CNCc2ccc(C#Cc3ccc(C(=O)N[C@@H](CN)C(=O)NO)cc3)cc2)c1. The van der Waals surface area contributed by atoms with Crippen molar-refractivity contribution in [3.63, 3.8) is 0 Å². The van der Waals surface area contributed by atoms with Gasteiger partial charge in [-0.05, 0) is 54.4 Å². The van der Waals surface area contributed by atoms with Crippen LogP contribution in [0.1, 0.15) is 38.2 Å². The van der Waals surface area contributed by atoms with Crippen molar-refractivity contribution < 1.29 is 14.8 Å². The molecular weight excluding hydrogens is 428 g/mol. The number of nitrogens with one attached hydrogen (secondary N) is 3. The summed E-state index contributed by atoms with van der Waals surface area (Å²) < 4.78 is 0. The van der Waals surface area contributed by atoms with Crippen LogP contribution in [-0.4, -0.2) is 29.6 Å². The van der Waals surface area contributed by atoms with Crippen LogP contribution in [0.15, 0.2) is 72.8 Å². The Bertz CT molecular complexity index is 1180. The van der Waals surface area contributed by atoms with Gasteiger partial charge in [0.25, 0.3) is 11.8 Å².